The maximum absolute atomic E-state index is 6.84. The number of hydrogen-bond acceptors (Lipinski definition) is 4. The van der Waals surface area contributed by atoms with Crippen LogP contribution in [0.15, 0.2) is 78.9 Å². The van der Waals surface area contributed by atoms with E-state index in [9.17, 15) is 0 Å². The number of methoxy groups -OCH3 is 1. The average molecular weight is 458 g/mol. The Morgan fingerprint density at radius 2 is 1.53 bits per heavy atom. The summed E-state index contributed by atoms with van der Waals surface area (Å²) in [6.45, 7) is 8.53. The van der Waals surface area contributed by atoms with Gasteiger partial charge in [-0.15, -0.1) is 0 Å². The van der Waals surface area contributed by atoms with Gasteiger partial charge in [0.1, 0.15) is 23.7 Å². The molecule has 0 saturated carbocycles. The molecule has 2 aliphatic heterocycles. The van der Waals surface area contributed by atoms with E-state index >= 15 is 0 Å². The van der Waals surface area contributed by atoms with E-state index in [2.05, 4.69) is 79.4 Å². The number of benzene rings is 3. The monoisotopic (exact) mass is 457 g/mol. The molecule has 0 aliphatic carbocycles. The second kappa shape index (κ2) is 9.44. The molecule has 0 radical (unpaired) electrons. The van der Waals surface area contributed by atoms with Crippen molar-refractivity contribution in [3.8, 4) is 11.5 Å². The van der Waals surface area contributed by atoms with Crippen LogP contribution in [-0.2, 0) is 15.8 Å². The van der Waals surface area contributed by atoms with Crippen molar-refractivity contribution in [2.45, 2.75) is 43.8 Å². The van der Waals surface area contributed by atoms with Crippen LogP contribution in [0.1, 0.15) is 49.5 Å². The molecule has 34 heavy (non-hydrogen) atoms. The summed E-state index contributed by atoms with van der Waals surface area (Å²) < 4.78 is 19.2. The predicted molar refractivity (Wildman–Crippen MR) is 136 cm³/mol. The van der Waals surface area contributed by atoms with Crippen LogP contribution in [0, 0.1) is 0 Å². The van der Waals surface area contributed by atoms with Crippen molar-refractivity contribution < 1.29 is 14.2 Å². The number of hydrogen-bond donors (Lipinski definition) is 0. The molecule has 3 aromatic carbocycles. The Labute approximate surface area is 203 Å². The number of ether oxygens (including phenoxy) is 3. The fourth-order valence-corrected chi connectivity index (χ4v) is 5.78. The molecule has 0 bridgehead atoms. The highest BCUT2D eigenvalue weighted by Gasteiger charge is 2.58. The maximum Gasteiger partial charge on any atom is 0.143 e. The SMILES string of the molecule is COC1c2ccccc2OC(C)(c2ccccc2)C1(C)c1ccc(OCCN2CCCC2)cc1. The van der Waals surface area contributed by atoms with E-state index in [1.165, 1.54) is 25.9 Å². The van der Waals surface area contributed by atoms with Gasteiger partial charge in [0.05, 0.1) is 11.5 Å². The van der Waals surface area contributed by atoms with E-state index in [1.807, 2.05) is 18.2 Å². The first kappa shape index (κ1) is 22.9. The van der Waals surface area contributed by atoms with Gasteiger partial charge in [-0.2, -0.15) is 0 Å². The highest BCUT2D eigenvalue weighted by Crippen LogP contribution is 2.58. The molecule has 3 unspecified atom stereocenters. The molecule has 0 N–H and O–H groups in total. The zero-order valence-corrected chi connectivity index (χ0v) is 20.5. The van der Waals surface area contributed by atoms with E-state index in [0.29, 0.717) is 0 Å². The minimum atomic E-state index is -0.637. The minimum absolute atomic E-state index is 0.176. The minimum Gasteiger partial charge on any atom is -0.492 e. The second-order valence-corrected chi connectivity index (χ2v) is 9.78. The molecule has 1 fully saturated rings. The summed E-state index contributed by atoms with van der Waals surface area (Å²) in [5, 5.41) is 0. The van der Waals surface area contributed by atoms with Gasteiger partial charge in [-0.1, -0.05) is 60.7 Å². The average Bonchev–Trinajstić information content (AvgIpc) is 3.39. The Kier molecular flexibility index (Phi) is 6.37. The molecule has 4 nitrogen and oxygen atoms in total. The largest absolute Gasteiger partial charge is 0.492 e. The van der Waals surface area contributed by atoms with Crippen LogP contribution in [-0.4, -0.2) is 38.3 Å². The number of nitrogens with zero attached hydrogens (tertiary/aromatic N) is 1. The summed E-state index contributed by atoms with van der Waals surface area (Å²) in [5.41, 5.74) is 2.24. The molecule has 4 heteroatoms. The summed E-state index contributed by atoms with van der Waals surface area (Å²) in [6, 6.07) is 27.2. The van der Waals surface area contributed by atoms with E-state index in [-0.39, 0.29) is 6.10 Å². The fraction of sp³-hybridized carbons (Fsp3) is 0.400. The second-order valence-electron chi connectivity index (χ2n) is 9.78. The smallest absolute Gasteiger partial charge is 0.143 e. The molecule has 0 amide bonds. The first-order valence-electron chi connectivity index (χ1n) is 12.4. The summed E-state index contributed by atoms with van der Waals surface area (Å²) in [4.78, 5) is 2.47. The zero-order valence-electron chi connectivity index (χ0n) is 20.5. The van der Waals surface area contributed by atoms with Crippen LogP contribution in [0.2, 0.25) is 0 Å². The molecular weight excluding hydrogens is 422 g/mol. The van der Waals surface area contributed by atoms with Crippen LogP contribution in [0.4, 0.5) is 0 Å². The van der Waals surface area contributed by atoms with Crippen LogP contribution in [0.25, 0.3) is 0 Å². The normalized spacial score (nSPS) is 26.6. The topological polar surface area (TPSA) is 30.9 Å². The van der Waals surface area contributed by atoms with Gasteiger partial charge < -0.3 is 14.2 Å². The predicted octanol–water partition coefficient (Wildman–Crippen LogP) is 6.11. The van der Waals surface area contributed by atoms with Crippen molar-refractivity contribution in [1.29, 1.82) is 0 Å². The van der Waals surface area contributed by atoms with Crippen molar-refractivity contribution >= 4 is 0 Å². The molecule has 1 saturated heterocycles. The lowest BCUT2D eigenvalue weighted by Crippen LogP contribution is -2.56. The van der Waals surface area contributed by atoms with Crippen LogP contribution in [0.5, 0.6) is 11.5 Å². The van der Waals surface area contributed by atoms with Gasteiger partial charge in [0, 0.05) is 19.2 Å². The van der Waals surface area contributed by atoms with Crippen molar-refractivity contribution in [3.63, 3.8) is 0 Å². The molecule has 178 valence electrons. The highest BCUT2D eigenvalue weighted by atomic mass is 16.5. The van der Waals surface area contributed by atoms with E-state index in [1.54, 1.807) is 7.11 Å². The number of likely N-dealkylation sites (tertiary alicyclic amines) is 1. The third-order valence-electron chi connectivity index (χ3n) is 7.92. The van der Waals surface area contributed by atoms with Gasteiger partial charge in [-0.05, 0) is 69.1 Å². The van der Waals surface area contributed by atoms with E-state index in [4.69, 9.17) is 14.2 Å². The molecule has 5 rings (SSSR count). The molecule has 2 heterocycles. The molecule has 0 spiro atoms. The Hall–Kier alpha value is -2.82. The third-order valence-corrected chi connectivity index (χ3v) is 7.92. The number of rotatable bonds is 7. The molecule has 3 atom stereocenters. The maximum atomic E-state index is 6.84. The summed E-state index contributed by atoms with van der Waals surface area (Å²) in [7, 11) is 1.80. The molecule has 3 aromatic rings. The van der Waals surface area contributed by atoms with Crippen molar-refractivity contribution in [2.24, 2.45) is 0 Å². The number of para-hydroxylation sites is 1. The standard InChI is InChI=1S/C30H35NO3/c1-29(23-15-17-25(18-16-23)33-22-21-31-19-9-10-20-31)28(32-3)26-13-7-8-14-27(26)34-30(29,2)24-11-5-4-6-12-24/h4-8,11-18,28H,9-10,19-22H2,1-3H3. The van der Waals surface area contributed by atoms with E-state index in [0.717, 1.165) is 41.3 Å². The van der Waals surface area contributed by atoms with Crippen LogP contribution in [0.3, 0.4) is 0 Å². The first-order chi connectivity index (χ1) is 16.6. The van der Waals surface area contributed by atoms with Gasteiger partial charge >= 0.3 is 0 Å². The molecular formula is C30H35NO3. The highest BCUT2D eigenvalue weighted by molar-refractivity contribution is 5.49. The fourth-order valence-electron chi connectivity index (χ4n) is 5.78. The lowest BCUT2D eigenvalue weighted by molar-refractivity contribution is -0.102. The van der Waals surface area contributed by atoms with E-state index < -0.39 is 11.0 Å². The Morgan fingerprint density at radius 1 is 0.853 bits per heavy atom. The lowest BCUT2D eigenvalue weighted by atomic mass is 9.60. The Morgan fingerprint density at radius 3 is 2.24 bits per heavy atom. The van der Waals surface area contributed by atoms with Crippen LogP contribution >= 0.6 is 0 Å². The van der Waals surface area contributed by atoms with Gasteiger partial charge in [0.2, 0.25) is 0 Å². The molecule has 2 aliphatic rings. The lowest BCUT2D eigenvalue weighted by Gasteiger charge is -2.54. The van der Waals surface area contributed by atoms with Crippen molar-refractivity contribution in [3.05, 3.63) is 95.6 Å². The summed E-state index contributed by atoms with van der Waals surface area (Å²) >= 11 is 0. The summed E-state index contributed by atoms with van der Waals surface area (Å²) in [6.07, 6.45) is 2.43. The van der Waals surface area contributed by atoms with Crippen LogP contribution < -0.4 is 9.47 Å². The third kappa shape index (κ3) is 3.89. The Balaban J connectivity index is 1.50. The van der Waals surface area contributed by atoms with Gasteiger partial charge in [0.25, 0.3) is 0 Å². The van der Waals surface area contributed by atoms with Crippen molar-refractivity contribution in [2.75, 3.05) is 33.4 Å². The quantitative estimate of drug-likeness (QED) is 0.428. The Bertz CT molecular complexity index is 1090. The summed E-state index contributed by atoms with van der Waals surface area (Å²) in [5.74, 6) is 1.78. The van der Waals surface area contributed by atoms with Gasteiger partial charge in [-0.25, -0.2) is 0 Å². The first-order valence-corrected chi connectivity index (χ1v) is 12.4. The molecule has 0 aromatic heterocycles. The van der Waals surface area contributed by atoms with Gasteiger partial charge in [0.15, 0.2) is 0 Å². The van der Waals surface area contributed by atoms with Gasteiger partial charge in [-0.3, -0.25) is 4.90 Å². The number of fused-ring (bicyclic) bond motifs is 1. The zero-order chi connectivity index (χ0) is 23.6. The van der Waals surface area contributed by atoms with Crippen molar-refractivity contribution in [1.82, 2.24) is 4.90 Å².